The maximum Gasteiger partial charge on any atom is 0.320 e. The van der Waals surface area contributed by atoms with Gasteiger partial charge in [0.25, 0.3) is 0 Å². The number of nitrogens with one attached hydrogen (secondary N) is 3. The van der Waals surface area contributed by atoms with Gasteiger partial charge < -0.3 is 15.4 Å². The molecule has 2 aromatic rings. The molecule has 0 unspecified atom stereocenters. The minimum Gasteiger partial charge on any atom is -0.496 e. The largest absolute Gasteiger partial charge is 0.496 e. The maximum atomic E-state index is 11.6. The highest BCUT2D eigenvalue weighted by Crippen LogP contribution is 2.20. The summed E-state index contributed by atoms with van der Waals surface area (Å²) in [5.41, 5.74) is 1.95. The van der Waals surface area contributed by atoms with Gasteiger partial charge in [-0.3, -0.25) is 5.32 Å². The van der Waals surface area contributed by atoms with Gasteiger partial charge >= 0.3 is 6.03 Å². The van der Waals surface area contributed by atoms with Crippen LogP contribution in [0.15, 0.2) is 42.6 Å². The van der Waals surface area contributed by atoms with Crippen molar-refractivity contribution in [3.05, 3.63) is 48.2 Å². The van der Waals surface area contributed by atoms with Crippen molar-refractivity contribution in [3.63, 3.8) is 0 Å². The van der Waals surface area contributed by atoms with Gasteiger partial charge in [0, 0.05) is 18.2 Å². The van der Waals surface area contributed by atoms with E-state index in [1.165, 1.54) is 0 Å². The number of rotatable bonds is 6. The van der Waals surface area contributed by atoms with E-state index in [0.29, 0.717) is 18.4 Å². The number of methoxy groups -OCH3 is 1. The Morgan fingerprint density at radius 2 is 2.09 bits per heavy atom. The fourth-order valence-corrected chi connectivity index (χ4v) is 2.18. The Balaban J connectivity index is 1.53. The van der Waals surface area contributed by atoms with Crippen LogP contribution in [0, 0.1) is 0 Å². The summed E-state index contributed by atoms with van der Waals surface area (Å²) in [4.78, 5) is 15.9. The molecule has 0 aliphatic heterocycles. The van der Waals surface area contributed by atoms with Gasteiger partial charge in [0.05, 0.1) is 19.0 Å². The number of hydrogen-bond donors (Lipinski definition) is 3. The third-order valence-corrected chi connectivity index (χ3v) is 3.59. The van der Waals surface area contributed by atoms with Crippen molar-refractivity contribution in [2.24, 2.45) is 0 Å². The number of benzene rings is 1. The molecule has 23 heavy (non-hydrogen) atoms. The first kappa shape index (κ1) is 15.1. The fraction of sp³-hybridized carbons (Fsp3) is 0.294. The van der Waals surface area contributed by atoms with E-state index >= 15 is 0 Å². The average Bonchev–Trinajstić information content (AvgIpc) is 3.38. The quantitative estimate of drug-likeness (QED) is 0.766. The van der Waals surface area contributed by atoms with Crippen LogP contribution in [0.5, 0.6) is 5.75 Å². The molecule has 0 saturated heterocycles. The molecule has 0 radical (unpaired) electrons. The zero-order valence-electron chi connectivity index (χ0n) is 13.0. The lowest BCUT2D eigenvalue weighted by Crippen LogP contribution is -2.30. The van der Waals surface area contributed by atoms with Crippen molar-refractivity contribution in [2.45, 2.75) is 25.4 Å². The summed E-state index contributed by atoms with van der Waals surface area (Å²) in [6, 6.07) is 11.6. The van der Waals surface area contributed by atoms with Gasteiger partial charge in [0.1, 0.15) is 11.6 Å². The van der Waals surface area contributed by atoms with E-state index in [1.807, 2.05) is 30.3 Å². The topological polar surface area (TPSA) is 75.3 Å². The van der Waals surface area contributed by atoms with Gasteiger partial charge in [0.2, 0.25) is 0 Å². The van der Waals surface area contributed by atoms with Gasteiger partial charge in [0.15, 0.2) is 0 Å². The van der Waals surface area contributed by atoms with E-state index in [4.69, 9.17) is 4.74 Å². The highest BCUT2D eigenvalue weighted by atomic mass is 16.5. The zero-order valence-corrected chi connectivity index (χ0v) is 13.0. The molecule has 6 heteroatoms. The molecule has 6 nitrogen and oxygen atoms in total. The van der Waals surface area contributed by atoms with E-state index in [9.17, 15) is 4.79 Å². The van der Waals surface area contributed by atoms with Gasteiger partial charge in [-0.2, -0.15) is 0 Å². The molecule has 0 spiro atoms. The second kappa shape index (κ2) is 7.00. The smallest absolute Gasteiger partial charge is 0.320 e. The van der Waals surface area contributed by atoms with Crippen LogP contribution in [0.2, 0.25) is 0 Å². The van der Waals surface area contributed by atoms with E-state index in [0.717, 1.165) is 29.8 Å². The van der Waals surface area contributed by atoms with E-state index in [-0.39, 0.29) is 6.03 Å². The first-order valence-electron chi connectivity index (χ1n) is 7.64. The molecule has 120 valence electrons. The third-order valence-electron chi connectivity index (χ3n) is 3.59. The van der Waals surface area contributed by atoms with Crippen molar-refractivity contribution in [1.82, 2.24) is 10.3 Å². The molecule has 1 aromatic heterocycles. The van der Waals surface area contributed by atoms with Crippen LogP contribution in [-0.4, -0.2) is 24.2 Å². The number of carbonyl (C=O) groups is 1. The number of anilines is 2. The summed E-state index contributed by atoms with van der Waals surface area (Å²) >= 11 is 0. The van der Waals surface area contributed by atoms with E-state index in [1.54, 1.807) is 19.4 Å². The van der Waals surface area contributed by atoms with Crippen LogP contribution < -0.4 is 20.7 Å². The molecule has 1 saturated carbocycles. The Morgan fingerprint density at radius 1 is 1.26 bits per heavy atom. The number of para-hydroxylation sites is 1. The second-order valence-electron chi connectivity index (χ2n) is 5.47. The number of carbonyl (C=O) groups excluding carboxylic acids is 1. The van der Waals surface area contributed by atoms with Crippen molar-refractivity contribution in [2.75, 3.05) is 17.7 Å². The molecule has 0 bridgehead atoms. The monoisotopic (exact) mass is 312 g/mol. The maximum absolute atomic E-state index is 11.6. The Bertz CT molecular complexity index is 669. The summed E-state index contributed by atoms with van der Waals surface area (Å²) in [6.45, 7) is 0.640. The van der Waals surface area contributed by atoms with Crippen LogP contribution >= 0.6 is 0 Å². The second-order valence-corrected chi connectivity index (χ2v) is 5.47. The Labute approximate surface area is 135 Å². The van der Waals surface area contributed by atoms with Crippen LogP contribution in [0.1, 0.15) is 18.4 Å². The number of pyridine rings is 1. The number of aromatic nitrogens is 1. The molecule has 3 N–H and O–H groups in total. The molecule has 1 aliphatic carbocycles. The van der Waals surface area contributed by atoms with Gasteiger partial charge in [-0.1, -0.05) is 18.2 Å². The zero-order chi connectivity index (χ0) is 16.1. The molecule has 1 aromatic carbocycles. The predicted molar refractivity (Wildman–Crippen MR) is 89.7 cm³/mol. The van der Waals surface area contributed by atoms with Gasteiger partial charge in [-0.15, -0.1) is 0 Å². The van der Waals surface area contributed by atoms with Crippen molar-refractivity contribution < 1.29 is 9.53 Å². The molecule has 3 rings (SSSR count). The van der Waals surface area contributed by atoms with Crippen LogP contribution in [0.4, 0.5) is 16.3 Å². The summed E-state index contributed by atoms with van der Waals surface area (Å²) in [5, 5.41) is 8.87. The molecular formula is C17H20N4O2. The Morgan fingerprint density at radius 3 is 2.78 bits per heavy atom. The summed E-state index contributed by atoms with van der Waals surface area (Å²) in [6.07, 6.45) is 3.82. The number of ether oxygens (including phenoxy) is 1. The van der Waals surface area contributed by atoms with Crippen LogP contribution in [0.3, 0.4) is 0 Å². The van der Waals surface area contributed by atoms with E-state index in [2.05, 4.69) is 20.9 Å². The standard InChI is InChI=1S/C17H20N4O2/c1-23-15-5-3-2-4-12(15)10-18-14-8-9-16(19-11-14)21-17(22)20-13-6-7-13/h2-5,8-9,11,13,18H,6-7,10H2,1H3,(H2,19,20,21,22). The SMILES string of the molecule is COc1ccccc1CNc1ccc(NC(=O)NC2CC2)nc1. The lowest BCUT2D eigenvalue weighted by atomic mass is 10.2. The minimum atomic E-state index is -0.199. The summed E-state index contributed by atoms with van der Waals surface area (Å²) in [5.74, 6) is 1.38. The lowest BCUT2D eigenvalue weighted by molar-refractivity contribution is 0.251. The number of urea groups is 1. The van der Waals surface area contributed by atoms with Crippen molar-refractivity contribution in [1.29, 1.82) is 0 Å². The lowest BCUT2D eigenvalue weighted by Gasteiger charge is -2.11. The molecule has 1 aliphatic rings. The molecule has 2 amide bonds. The number of nitrogens with zero attached hydrogens (tertiary/aromatic N) is 1. The molecule has 0 atom stereocenters. The summed E-state index contributed by atoms with van der Waals surface area (Å²) < 4.78 is 5.32. The number of hydrogen-bond acceptors (Lipinski definition) is 4. The minimum absolute atomic E-state index is 0.199. The van der Waals surface area contributed by atoms with Gasteiger partial charge in [-0.25, -0.2) is 9.78 Å². The predicted octanol–water partition coefficient (Wildman–Crippen LogP) is 2.99. The highest BCUT2D eigenvalue weighted by molar-refractivity contribution is 5.88. The first-order valence-corrected chi connectivity index (χ1v) is 7.64. The molecule has 1 fully saturated rings. The van der Waals surface area contributed by atoms with Crippen LogP contribution in [0.25, 0.3) is 0 Å². The van der Waals surface area contributed by atoms with Crippen molar-refractivity contribution >= 4 is 17.5 Å². The van der Waals surface area contributed by atoms with Gasteiger partial charge in [-0.05, 0) is 31.0 Å². The van der Waals surface area contributed by atoms with Crippen LogP contribution in [-0.2, 0) is 6.54 Å². The Hall–Kier alpha value is -2.76. The first-order chi connectivity index (χ1) is 11.2. The van der Waals surface area contributed by atoms with Crippen molar-refractivity contribution in [3.8, 4) is 5.75 Å². The highest BCUT2D eigenvalue weighted by Gasteiger charge is 2.23. The molecule has 1 heterocycles. The average molecular weight is 312 g/mol. The normalized spacial score (nSPS) is 13.3. The third kappa shape index (κ3) is 4.35. The summed E-state index contributed by atoms with van der Waals surface area (Å²) in [7, 11) is 1.66. The molecular weight excluding hydrogens is 292 g/mol. The fourth-order valence-electron chi connectivity index (χ4n) is 2.18. The van der Waals surface area contributed by atoms with E-state index < -0.39 is 0 Å². The Kier molecular flexibility index (Phi) is 4.61. The number of amides is 2.